The zero-order valence-electron chi connectivity index (χ0n) is 10.9. The molecule has 0 saturated heterocycles. The first-order valence-corrected chi connectivity index (χ1v) is 6.47. The van der Waals surface area contributed by atoms with Gasteiger partial charge in [-0.15, -0.1) is 0 Å². The number of Topliss-reactive ketones (excluding diaryl/α,β-unsaturated/α-hetero) is 1. The normalized spacial score (nSPS) is 10.8. The predicted molar refractivity (Wildman–Crippen MR) is 77.4 cm³/mol. The second-order valence-electron chi connectivity index (χ2n) is 4.70. The van der Waals surface area contributed by atoms with Gasteiger partial charge in [0, 0.05) is 5.39 Å². The standard InChI is InChI=1S/C17H14O3/c18-11-15(19)10-16-9-14-8-13(6-7-17(14)20-16)12-4-2-1-3-5-12/h1-9,18H,10-11H2. The highest BCUT2D eigenvalue weighted by Crippen LogP contribution is 2.26. The molecular weight excluding hydrogens is 252 g/mol. The molecule has 0 aliphatic carbocycles. The van der Waals surface area contributed by atoms with Gasteiger partial charge in [-0.1, -0.05) is 36.4 Å². The van der Waals surface area contributed by atoms with E-state index in [2.05, 4.69) is 12.1 Å². The molecule has 0 amide bonds. The molecule has 20 heavy (non-hydrogen) atoms. The van der Waals surface area contributed by atoms with E-state index in [1.807, 2.05) is 42.5 Å². The maximum Gasteiger partial charge on any atom is 0.165 e. The second-order valence-corrected chi connectivity index (χ2v) is 4.70. The summed E-state index contributed by atoms with van der Waals surface area (Å²) in [5, 5.41) is 9.74. The van der Waals surface area contributed by atoms with Crippen LogP contribution in [0, 0.1) is 0 Å². The maximum atomic E-state index is 11.2. The molecule has 0 saturated carbocycles. The molecule has 0 bridgehead atoms. The molecule has 100 valence electrons. The third-order valence-corrected chi connectivity index (χ3v) is 3.22. The molecule has 0 radical (unpaired) electrons. The predicted octanol–water partition coefficient (Wildman–Crippen LogP) is 3.20. The Bertz CT molecular complexity index is 741. The minimum atomic E-state index is -0.452. The lowest BCUT2D eigenvalue weighted by atomic mass is 10.0. The summed E-state index contributed by atoms with van der Waals surface area (Å²) in [5.41, 5.74) is 3.01. The van der Waals surface area contributed by atoms with E-state index < -0.39 is 6.61 Å². The van der Waals surface area contributed by atoms with Gasteiger partial charge in [0.2, 0.25) is 0 Å². The van der Waals surface area contributed by atoms with Crippen molar-refractivity contribution >= 4 is 16.8 Å². The number of furan rings is 1. The van der Waals surface area contributed by atoms with E-state index >= 15 is 0 Å². The van der Waals surface area contributed by atoms with Crippen LogP contribution in [0.15, 0.2) is 59.0 Å². The number of carbonyl (C=O) groups is 1. The van der Waals surface area contributed by atoms with Crippen LogP contribution in [-0.2, 0) is 11.2 Å². The van der Waals surface area contributed by atoms with Gasteiger partial charge in [0.15, 0.2) is 5.78 Å². The summed E-state index contributed by atoms with van der Waals surface area (Å²) in [4.78, 5) is 11.2. The van der Waals surface area contributed by atoms with Gasteiger partial charge in [0.25, 0.3) is 0 Å². The maximum absolute atomic E-state index is 11.2. The van der Waals surface area contributed by atoms with E-state index in [1.165, 1.54) is 0 Å². The average molecular weight is 266 g/mol. The number of benzene rings is 2. The summed E-state index contributed by atoms with van der Waals surface area (Å²) >= 11 is 0. The topological polar surface area (TPSA) is 50.4 Å². The molecule has 1 N–H and O–H groups in total. The Hall–Kier alpha value is -2.39. The summed E-state index contributed by atoms with van der Waals surface area (Å²) in [6.07, 6.45) is 0.131. The second kappa shape index (κ2) is 5.31. The van der Waals surface area contributed by atoms with Gasteiger partial charge in [0.05, 0.1) is 6.42 Å². The number of fused-ring (bicyclic) bond motifs is 1. The van der Waals surface area contributed by atoms with Crippen LogP contribution >= 0.6 is 0 Å². The van der Waals surface area contributed by atoms with Gasteiger partial charge < -0.3 is 9.52 Å². The quantitative estimate of drug-likeness (QED) is 0.789. The van der Waals surface area contributed by atoms with Crippen LogP contribution in [0.4, 0.5) is 0 Å². The highest BCUT2D eigenvalue weighted by Gasteiger charge is 2.09. The fourth-order valence-electron chi connectivity index (χ4n) is 2.25. The number of ketones is 1. The first-order chi connectivity index (χ1) is 9.76. The SMILES string of the molecule is O=C(CO)Cc1cc2cc(-c3ccccc3)ccc2o1. The van der Waals surface area contributed by atoms with Gasteiger partial charge in [0.1, 0.15) is 18.0 Å². The van der Waals surface area contributed by atoms with Crippen LogP contribution in [0.25, 0.3) is 22.1 Å². The molecule has 2 aromatic carbocycles. The smallest absolute Gasteiger partial charge is 0.165 e. The minimum Gasteiger partial charge on any atom is -0.461 e. The molecular formula is C17H14O3. The third kappa shape index (κ3) is 2.49. The molecule has 0 atom stereocenters. The van der Waals surface area contributed by atoms with E-state index in [0.29, 0.717) is 5.76 Å². The van der Waals surface area contributed by atoms with Gasteiger partial charge in [-0.25, -0.2) is 0 Å². The number of hydrogen-bond donors (Lipinski definition) is 1. The van der Waals surface area contributed by atoms with E-state index in [4.69, 9.17) is 9.52 Å². The molecule has 3 rings (SSSR count). The number of carbonyl (C=O) groups excluding carboxylic acids is 1. The third-order valence-electron chi connectivity index (χ3n) is 3.22. The zero-order valence-corrected chi connectivity index (χ0v) is 10.9. The van der Waals surface area contributed by atoms with Crippen LogP contribution in [-0.4, -0.2) is 17.5 Å². The summed E-state index contributed by atoms with van der Waals surface area (Å²) in [6.45, 7) is -0.452. The van der Waals surface area contributed by atoms with Crippen molar-refractivity contribution in [2.45, 2.75) is 6.42 Å². The average Bonchev–Trinajstić information content (AvgIpc) is 2.89. The highest BCUT2D eigenvalue weighted by atomic mass is 16.3. The van der Waals surface area contributed by atoms with E-state index in [-0.39, 0.29) is 12.2 Å². The van der Waals surface area contributed by atoms with Crippen LogP contribution in [0.2, 0.25) is 0 Å². The lowest BCUT2D eigenvalue weighted by Gasteiger charge is -2.00. The molecule has 3 heteroatoms. The molecule has 0 spiro atoms. The van der Waals surface area contributed by atoms with E-state index in [9.17, 15) is 4.79 Å². The number of rotatable bonds is 4. The van der Waals surface area contributed by atoms with Crippen molar-refractivity contribution in [1.29, 1.82) is 0 Å². The Morgan fingerprint density at radius 1 is 1.00 bits per heavy atom. The van der Waals surface area contributed by atoms with E-state index in [1.54, 1.807) is 0 Å². The largest absolute Gasteiger partial charge is 0.461 e. The minimum absolute atomic E-state index is 0.131. The molecule has 0 aliphatic rings. The Morgan fingerprint density at radius 2 is 1.80 bits per heavy atom. The molecule has 3 aromatic rings. The Balaban J connectivity index is 1.97. The van der Waals surface area contributed by atoms with E-state index in [0.717, 1.165) is 22.1 Å². The number of aliphatic hydroxyl groups excluding tert-OH is 1. The van der Waals surface area contributed by atoms with Crippen LogP contribution in [0.1, 0.15) is 5.76 Å². The Kier molecular flexibility index (Phi) is 3.35. The molecule has 1 aromatic heterocycles. The van der Waals surface area contributed by atoms with Crippen molar-refractivity contribution in [3.63, 3.8) is 0 Å². The van der Waals surface area contributed by atoms with Crippen LogP contribution < -0.4 is 0 Å². The summed E-state index contributed by atoms with van der Waals surface area (Å²) in [5.74, 6) is 0.344. The van der Waals surface area contributed by atoms with Gasteiger partial charge >= 0.3 is 0 Å². The Morgan fingerprint density at radius 3 is 2.55 bits per heavy atom. The zero-order chi connectivity index (χ0) is 13.9. The summed E-state index contributed by atoms with van der Waals surface area (Å²) < 4.78 is 5.60. The lowest BCUT2D eigenvalue weighted by molar-refractivity contribution is -0.121. The molecule has 0 unspecified atom stereocenters. The monoisotopic (exact) mass is 266 g/mol. The molecule has 0 fully saturated rings. The molecule has 3 nitrogen and oxygen atoms in total. The van der Waals surface area contributed by atoms with Gasteiger partial charge in [-0.3, -0.25) is 4.79 Å². The lowest BCUT2D eigenvalue weighted by Crippen LogP contribution is -2.06. The number of aliphatic hydroxyl groups is 1. The summed E-state index contributed by atoms with van der Waals surface area (Å²) in [7, 11) is 0. The van der Waals surface area contributed by atoms with Crippen molar-refractivity contribution in [2.75, 3.05) is 6.61 Å². The molecule has 1 heterocycles. The van der Waals surface area contributed by atoms with Crippen LogP contribution in [0.3, 0.4) is 0 Å². The van der Waals surface area contributed by atoms with Crippen molar-refractivity contribution in [3.05, 3.63) is 60.4 Å². The fraction of sp³-hybridized carbons (Fsp3) is 0.118. The Labute approximate surface area is 116 Å². The molecule has 0 aliphatic heterocycles. The highest BCUT2D eigenvalue weighted by molar-refractivity contribution is 5.86. The summed E-state index contributed by atoms with van der Waals surface area (Å²) in [6, 6.07) is 17.9. The van der Waals surface area contributed by atoms with Crippen molar-refractivity contribution in [2.24, 2.45) is 0 Å². The van der Waals surface area contributed by atoms with Crippen molar-refractivity contribution in [3.8, 4) is 11.1 Å². The van der Waals surface area contributed by atoms with Crippen molar-refractivity contribution < 1.29 is 14.3 Å². The van der Waals surface area contributed by atoms with Crippen LogP contribution in [0.5, 0.6) is 0 Å². The van der Waals surface area contributed by atoms with Crippen molar-refractivity contribution in [1.82, 2.24) is 0 Å². The first kappa shape index (κ1) is 12.6. The van der Waals surface area contributed by atoms with Gasteiger partial charge in [-0.05, 0) is 29.3 Å². The van der Waals surface area contributed by atoms with Gasteiger partial charge in [-0.2, -0.15) is 0 Å². The first-order valence-electron chi connectivity index (χ1n) is 6.47. The number of hydrogen-bond acceptors (Lipinski definition) is 3. The fourth-order valence-corrected chi connectivity index (χ4v) is 2.25.